The van der Waals surface area contributed by atoms with Crippen LogP contribution in [0.2, 0.25) is 0 Å². The zero-order chi connectivity index (χ0) is 19.8. The van der Waals surface area contributed by atoms with Gasteiger partial charge in [-0.1, -0.05) is 13.8 Å². The van der Waals surface area contributed by atoms with E-state index in [0.717, 1.165) is 7.11 Å². The van der Waals surface area contributed by atoms with Crippen LogP contribution in [0.3, 0.4) is 0 Å². The molecule has 2 atom stereocenters. The lowest BCUT2D eigenvalue weighted by atomic mass is 10.1. The highest BCUT2D eigenvalue weighted by Gasteiger charge is 2.62. The topological polar surface area (TPSA) is 35.5 Å². The van der Waals surface area contributed by atoms with Crippen molar-refractivity contribution in [2.24, 2.45) is 17.3 Å². The lowest BCUT2D eigenvalue weighted by Crippen LogP contribution is -2.15. The van der Waals surface area contributed by atoms with Gasteiger partial charge >= 0.3 is 5.97 Å². The third-order valence-corrected chi connectivity index (χ3v) is 4.56. The van der Waals surface area contributed by atoms with Crippen LogP contribution in [0.1, 0.15) is 25.0 Å². The molecule has 0 amide bonds. The maximum absolute atomic E-state index is 14.0. The molecule has 0 aromatic heterocycles. The van der Waals surface area contributed by atoms with Crippen LogP contribution in [0.4, 0.5) is 26.3 Å². The Bertz CT molecular complexity index is 726. The molecule has 1 aliphatic carbocycles. The first-order valence-corrected chi connectivity index (χ1v) is 7.56. The predicted octanol–water partition coefficient (Wildman–Crippen LogP) is 4.49. The lowest BCUT2D eigenvalue weighted by Gasteiger charge is -2.12. The Morgan fingerprint density at radius 1 is 1.00 bits per heavy atom. The van der Waals surface area contributed by atoms with Crippen molar-refractivity contribution in [1.82, 2.24) is 0 Å². The minimum atomic E-state index is -1.96. The summed E-state index contributed by atoms with van der Waals surface area (Å²) in [5.41, 5.74) is -2.85. The van der Waals surface area contributed by atoms with Gasteiger partial charge in [0.1, 0.15) is 6.61 Å². The Morgan fingerprint density at radius 3 is 1.88 bits per heavy atom. The Kier molecular flexibility index (Phi) is 5.70. The van der Waals surface area contributed by atoms with Crippen molar-refractivity contribution in [2.75, 3.05) is 7.11 Å². The quantitative estimate of drug-likeness (QED) is 0.413. The molecule has 0 radical (unpaired) electrons. The summed E-state index contributed by atoms with van der Waals surface area (Å²) in [6.07, 6.45) is -1.36. The standard InChI is InChI=1S/C17H16F6O3/c1-17(2)9(4-10(18)19)11(17)16(24)26-6-8-14(22)12(20)7(5-25-3)13(21)15(8)23/h4,9,11H,5-6H2,1-3H3/t9-,11+/m1/s1. The molecule has 3 nitrogen and oxygen atoms in total. The molecule has 0 N–H and O–H groups in total. The third kappa shape index (κ3) is 3.58. The normalized spacial score (nSPS) is 20.7. The first kappa shape index (κ1) is 20.3. The summed E-state index contributed by atoms with van der Waals surface area (Å²) in [7, 11) is 1.09. The van der Waals surface area contributed by atoms with Crippen molar-refractivity contribution in [2.45, 2.75) is 27.1 Å². The number of carbonyl (C=O) groups excluding carboxylic acids is 1. The summed E-state index contributed by atoms with van der Waals surface area (Å²) < 4.78 is 89.5. The summed E-state index contributed by atoms with van der Waals surface area (Å²) >= 11 is 0. The van der Waals surface area contributed by atoms with E-state index in [2.05, 4.69) is 4.74 Å². The molecule has 0 spiro atoms. The summed E-state index contributed by atoms with van der Waals surface area (Å²) in [6.45, 7) is 1.33. The van der Waals surface area contributed by atoms with Gasteiger partial charge in [-0.25, -0.2) is 17.6 Å². The fourth-order valence-electron chi connectivity index (χ4n) is 2.93. The highest BCUT2D eigenvalue weighted by molar-refractivity contribution is 5.78. The smallest absolute Gasteiger partial charge is 0.310 e. The van der Waals surface area contributed by atoms with Gasteiger partial charge in [0, 0.05) is 13.0 Å². The molecule has 0 bridgehead atoms. The van der Waals surface area contributed by atoms with E-state index in [1.807, 2.05) is 0 Å². The number of ether oxygens (including phenoxy) is 2. The lowest BCUT2D eigenvalue weighted by molar-refractivity contribution is -0.147. The van der Waals surface area contributed by atoms with Crippen molar-refractivity contribution in [1.29, 1.82) is 0 Å². The van der Waals surface area contributed by atoms with Crippen molar-refractivity contribution >= 4 is 5.97 Å². The Balaban J connectivity index is 2.18. The van der Waals surface area contributed by atoms with Crippen LogP contribution < -0.4 is 0 Å². The summed E-state index contributed by atoms with van der Waals surface area (Å²) in [5.74, 6) is -9.44. The van der Waals surface area contributed by atoms with E-state index in [-0.39, 0.29) is 0 Å². The van der Waals surface area contributed by atoms with Crippen LogP contribution in [0.15, 0.2) is 12.2 Å². The van der Waals surface area contributed by atoms with Crippen LogP contribution >= 0.6 is 0 Å². The van der Waals surface area contributed by atoms with Gasteiger partial charge in [0.25, 0.3) is 6.08 Å². The average Bonchev–Trinajstić information content (AvgIpc) is 3.09. The molecule has 2 rings (SSSR count). The first-order chi connectivity index (χ1) is 12.0. The molecule has 1 aliphatic rings. The number of hydrogen-bond donors (Lipinski definition) is 0. The van der Waals surface area contributed by atoms with Gasteiger partial charge in [0.15, 0.2) is 23.3 Å². The van der Waals surface area contributed by atoms with E-state index < -0.39 is 76.9 Å². The molecule has 0 aliphatic heterocycles. The van der Waals surface area contributed by atoms with E-state index in [1.54, 1.807) is 13.8 Å². The Morgan fingerprint density at radius 2 is 1.46 bits per heavy atom. The van der Waals surface area contributed by atoms with Crippen LogP contribution in [-0.2, 0) is 27.5 Å². The maximum Gasteiger partial charge on any atom is 0.310 e. The largest absolute Gasteiger partial charge is 0.460 e. The zero-order valence-corrected chi connectivity index (χ0v) is 14.1. The van der Waals surface area contributed by atoms with Crippen molar-refractivity contribution in [3.63, 3.8) is 0 Å². The van der Waals surface area contributed by atoms with Gasteiger partial charge in [-0.3, -0.25) is 4.79 Å². The second-order valence-electron chi connectivity index (χ2n) is 6.53. The Labute approximate surface area is 145 Å². The van der Waals surface area contributed by atoms with E-state index in [0.29, 0.717) is 6.08 Å². The highest BCUT2D eigenvalue weighted by Crippen LogP contribution is 2.60. The maximum atomic E-state index is 14.0. The van der Waals surface area contributed by atoms with Gasteiger partial charge < -0.3 is 9.47 Å². The van der Waals surface area contributed by atoms with Gasteiger partial charge in [0.05, 0.1) is 23.7 Å². The number of benzene rings is 1. The molecule has 144 valence electrons. The third-order valence-electron chi connectivity index (χ3n) is 4.56. The summed E-state index contributed by atoms with van der Waals surface area (Å²) in [4.78, 5) is 12.0. The molecular formula is C17H16F6O3. The second kappa shape index (κ2) is 7.30. The van der Waals surface area contributed by atoms with E-state index in [9.17, 15) is 31.1 Å². The van der Waals surface area contributed by atoms with Crippen LogP contribution in [0.25, 0.3) is 0 Å². The number of methoxy groups -OCH3 is 1. The molecule has 0 saturated heterocycles. The average molecular weight is 382 g/mol. The summed E-state index contributed by atoms with van der Waals surface area (Å²) in [5, 5.41) is 0. The highest BCUT2D eigenvalue weighted by atomic mass is 19.3. The number of allylic oxidation sites excluding steroid dienone is 1. The number of carbonyl (C=O) groups is 1. The summed E-state index contributed by atoms with van der Waals surface area (Å²) in [6, 6.07) is 0. The molecule has 1 aromatic carbocycles. The van der Waals surface area contributed by atoms with Gasteiger partial charge in [-0.2, -0.15) is 8.78 Å². The first-order valence-electron chi connectivity index (χ1n) is 7.56. The van der Waals surface area contributed by atoms with Crippen LogP contribution in [0, 0.1) is 40.5 Å². The molecular weight excluding hydrogens is 366 g/mol. The minimum absolute atomic E-state index is 0.603. The number of rotatable bonds is 6. The fourth-order valence-corrected chi connectivity index (χ4v) is 2.93. The van der Waals surface area contributed by atoms with E-state index >= 15 is 0 Å². The molecule has 26 heavy (non-hydrogen) atoms. The van der Waals surface area contributed by atoms with Gasteiger partial charge in [-0.05, 0) is 11.5 Å². The van der Waals surface area contributed by atoms with Crippen LogP contribution in [-0.4, -0.2) is 13.1 Å². The number of halogens is 6. The molecule has 1 aromatic rings. The second-order valence-corrected chi connectivity index (χ2v) is 6.53. The molecule has 0 heterocycles. The van der Waals surface area contributed by atoms with E-state index in [1.165, 1.54) is 0 Å². The van der Waals surface area contributed by atoms with Gasteiger partial charge in [-0.15, -0.1) is 0 Å². The Hall–Kier alpha value is -2.03. The predicted molar refractivity (Wildman–Crippen MR) is 77.8 cm³/mol. The molecule has 1 saturated carbocycles. The fraction of sp³-hybridized carbons (Fsp3) is 0.471. The number of esters is 1. The van der Waals surface area contributed by atoms with Crippen molar-refractivity contribution in [3.8, 4) is 0 Å². The SMILES string of the molecule is COCc1c(F)c(F)c(COC(=O)[C@@H]2[C@@H](C=C(F)F)C2(C)C)c(F)c1F. The molecule has 1 fully saturated rings. The van der Waals surface area contributed by atoms with Crippen molar-refractivity contribution in [3.05, 3.63) is 46.6 Å². The van der Waals surface area contributed by atoms with Gasteiger partial charge in [0.2, 0.25) is 0 Å². The zero-order valence-electron chi connectivity index (χ0n) is 14.1. The monoisotopic (exact) mass is 382 g/mol. The molecule has 0 unspecified atom stereocenters. The van der Waals surface area contributed by atoms with E-state index in [4.69, 9.17) is 4.74 Å². The van der Waals surface area contributed by atoms with Crippen LogP contribution in [0.5, 0.6) is 0 Å². The van der Waals surface area contributed by atoms with Crippen molar-refractivity contribution < 1.29 is 40.6 Å². The number of hydrogen-bond acceptors (Lipinski definition) is 3. The minimum Gasteiger partial charge on any atom is -0.460 e. The molecule has 9 heteroatoms.